The normalized spacial score (nSPS) is 28.3. The Hall–Kier alpha value is -0.870. The summed E-state index contributed by atoms with van der Waals surface area (Å²) in [7, 11) is -1.17. The number of nitrogens with one attached hydrogen (secondary N) is 1. The molecule has 0 aliphatic heterocycles. The second kappa shape index (κ2) is 6.49. The van der Waals surface area contributed by atoms with E-state index < -0.39 is 9.84 Å². The predicted molar refractivity (Wildman–Crippen MR) is 87.0 cm³/mol. The van der Waals surface area contributed by atoms with Gasteiger partial charge in [0.1, 0.15) is 0 Å². The molecule has 0 aromatic heterocycles. The van der Waals surface area contributed by atoms with Gasteiger partial charge < -0.3 is 5.32 Å². The third kappa shape index (κ3) is 4.07. The van der Waals surface area contributed by atoms with Gasteiger partial charge >= 0.3 is 0 Å². The maximum atomic E-state index is 11.8. The fourth-order valence-electron chi connectivity index (χ4n) is 3.89. The Kier molecular flexibility index (Phi) is 5.10. The van der Waals surface area contributed by atoms with Crippen LogP contribution in [0.5, 0.6) is 0 Å². The molecule has 1 aromatic rings. The minimum absolute atomic E-state index is 0.233. The Morgan fingerprint density at radius 3 is 2.29 bits per heavy atom. The van der Waals surface area contributed by atoms with Gasteiger partial charge in [-0.1, -0.05) is 26.0 Å². The summed E-state index contributed by atoms with van der Waals surface area (Å²) in [5.41, 5.74) is 1.09. The summed E-state index contributed by atoms with van der Waals surface area (Å²) in [6.45, 7) is 4.64. The van der Waals surface area contributed by atoms with Crippen LogP contribution in [0.3, 0.4) is 0 Å². The molecule has 1 aliphatic rings. The molecule has 21 heavy (non-hydrogen) atoms. The standard InChI is InChI=1S/C17H27NO2S/c1-12-8-13(2)10-15(9-12)17(18-3)14-6-5-7-16(11-14)21(4,19)20/h5-7,11-13,15,17-18H,8-10H2,1-4H3. The molecule has 1 saturated carbocycles. The molecular weight excluding hydrogens is 282 g/mol. The second-order valence-electron chi connectivity index (χ2n) is 6.79. The highest BCUT2D eigenvalue weighted by Gasteiger charge is 2.30. The van der Waals surface area contributed by atoms with Crippen molar-refractivity contribution in [2.24, 2.45) is 17.8 Å². The van der Waals surface area contributed by atoms with Gasteiger partial charge in [-0.2, -0.15) is 0 Å². The van der Waals surface area contributed by atoms with Gasteiger partial charge in [0.15, 0.2) is 9.84 Å². The smallest absolute Gasteiger partial charge is 0.175 e. The third-order valence-electron chi connectivity index (χ3n) is 4.64. The first-order valence-electron chi connectivity index (χ1n) is 7.78. The van der Waals surface area contributed by atoms with Crippen LogP contribution in [-0.2, 0) is 9.84 Å². The summed E-state index contributed by atoms with van der Waals surface area (Å²) in [5.74, 6) is 2.06. The van der Waals surface area contributed by atoms with Crippen molar-refractivity contribution in [1.82, 2.24) is 5.32 Å². The number of benzene rings is 1. The Morgan fingerprint density at radius 1 is 1.14 bits per heavy atom. The van der Waals surface area contributed by atoms with Crippen LogP contribution >= 0.6 is 0 Å². The van der Waals surface area contributed by atoms with E-state index in [4.69, 9.17) is 0 Å². The molecule has 0 bridgehead atoms. The third-order valence-corrected chi connectivity index (χ3v) is 5.75. The highest BCUT2D eigenvalue weighted by atomic mass is 32.2. The van der Waals surface area contributed by atoms with Gasteiger partial charge in [-0.15, -0.1) is 0 Å². The van der Waals surface area contributed by atoms with Crippen molar-refractivity contribution in [1.29, 1.82) is 0 Å². The molecule has 1 aromatic carbocycles. The molecule has 1 N–H and O–H groups in total. The number of sulfone groups is 1. The van der Waals surface area contributed by atoms with E-state index in [0.29, 0.717) is 10.8 Å². The lowest BCUT2D eigenvalue weighted by Gasteiger charge is -2.36. The molecule has 0 amide bonds. The van der Waals surface area contributed by atoms with Crippen molar-refractivity contribution in [3.8, 4) is 0 Å². The fourth-order valence-corrected chi connectivity index (χ4v) is 4.57. The molecule has 1 fully saturated rings. The molecule has 1 aliphatic carbocycles. The van der Waals surface area contributed by atoms with Crippen molar-refractivity contribution in [2.75, 3.05) is 13.3 Å². The Bertz CT molecular complexity index is 572. The molecular formula is C17H27NO2S. The van der Waals surface area contributed by atoms with Gasteiger partial charge in [0.05, 0.1) is 4.90 Å². The van der Waals surface area contributed by atoms with Crippen molar-refractivity contribution >= 4 is 9.84 Å². The summed E-state index contributed by atoms with van der Waals surface area (Å²) < 4.78 is 23.5. The lowest BCUT2D eigenvalue weighted by atomic mass is 9.72. The molecule has 0 heterocycles. The highest BCUT2D eigenvalue weighted by molar-refractivity contribution is 7.90. The van der Waals surface area contributed by atoms with Crippen molar-refractivity contribution in [3.05, 3.63) is 29.8 Å². The summed E-state index contributed by atoms with van der Waals surface area (Å²) in [5, 5.41) is 3.41. The van der Waals surface area contributed by atoms with E-state index >= 15 is 0 Å². The van der Waals surface area contributed by atoms with Crippen LogP contribution in [0, 0.1) is 17.8 Å². The van der Waals surface area contributed by atoms with Gasteiger partial charge in [-0.25, -0.2) is 8.42 Å². The van der Waals surface area contributed by atoms with Gasteiger partial charge in [0, 0.05) is 12.3 Å². The summed E-state index contributed by atoms with van der Waals surface area (Å²) in [6.07, 6.45) is 4.99. The summed E-state index contributed by atoms with van der Waals surface area (Å²) in [6, 6.07) is 7.64. The summed E-state index contributed by atoms with van der Waals surface area (Å²) in [4.78, 5) is 0.414. The van der Waals surface area contributed by atoms with Gasteiger partial charge in [-0.05, 0) is 61.8 Å². The van der Waals surface area contributed by atoms with Crippen molar-refractivity contribution < 1.29 is 8.42 Å². The lowest BCUT2D eigenvalue weighted by molar-refractivity contribution is 0.180. The zero-order chi connectivity index (χ0) is 15.6. The van der Waals surface area contributed by atoms with Crippen LogP contribution in [0.4, 0.5) is 0 Å². The topological polar surface area (TPSA) is 46.2 Å². The maximum Gasteiger partial charge on any atom is 0.175 e. The minimum atomic E-state index is -3.15. The van der Waals surface area contributed by atoms with E-state index in [9.17, 15) is 8.42 Å². The molecule has 2 rings (SSSR count). The minimum Gasteiger partial charge on any atom is -0.313 e. The van der Waals surface area contributed by atoms with E-state index in [0.717, 1.165) is 17.4 Å². The quantitative estimate of drug-likeness (QED) is 0.927. The number of hydrogen-bond donors (Lipinski definition) is 1. The zero-order valence-electron chi connectivity index (χ0n) is 13.5. The van der Waals surface area contributed by atoms with Gasteiger partial charge in [-0.3, -0.25) is 0 Å². The molecule has 0 radical (unpaired) electrons. The molecule has 3 atom stereocenters. The average Bonchev–Trinajstić information content (AvgIpc) is 2.38. The van der Waals surface area contributed by atoms with E-state index in [1.165, 1.54) is 25.5 Å². The average molecular weight is 309 g/mol. The van der Waals surface area contributed by atoms with Crippen LogP contribution < -0.4 is 5.32 Å². The SMILES string of the molecule is CNC(c1cccc(S(C)(=O)=O)c1)C1CC(C)CC(C)C1. The van der Waals surface area contributed by atoms with E-state index in [1.807, 2.05) is 25.2 Å². The fraction of sp³-hybridized carbons (Fsp3) is 0.647. The summed E-state index contributed by atoms with van der Waals surface area (Å²) >= 11 is 0. The van der Waals surface area contributed by atoms with Crippen LogP contribution in [0.15, 0.2) is 29.2 Å². The molecule has 0 saturated heterocycles. The van der Waals surface area contributed by atoms with Gasteiger partial charge in [0.25, 0.3) is 0 Å². The predicted octanol–water partition coefficient (Wildman–Crippen LogP) is 3.42. The zero-order valence-corrected chi connectivity index (χ0v) is 14.3. The highest BCUT2D eigenvalue weighted by Crippen LogP contribution is 2.39. The van der Waals surface area contributed by atoms with Crippen LogP contribution in [0.2, 0.25) is 0 Å². The van der Waals surface area contributed by atoms with Crippen LogP contribution in [0.25, 0.3) is 0 Å². The van der Waals surface area contributed by atoms with E-state index in [1.54, 1.807) is 6.07 Å². The first-order chi connectivity index (χ1) is 9.81. The first kappa shape index (κ1) is 16.5. The molecule has 3 nitrogen and oxygen atoms in total. The van der Waals surface area contributed by atoms with Gasteiger partial charge in [0.2, 0.25) is 0 Å². The molecule has 118 valence electrons. The molecule has 4 heteroatoms. The molecule has 0 spiro atoms. The van der Waals surface area contributed by atoms with Crippen molar-refractivity contribution in [2.45, 2.75) is 44.0 Å². The monoisotopic (exact) mass is 309 g/mol. The second-order valence-corrected chi connectivity index (χ2v) is 8.80. The maximum absolute atomic E-state index is 11.8. The van der Waals surface area contributed by atoms with Crippen molar-refractivity contribution in [3.63, 3.8) is 0 Å². The molecule has 3 unspecified atom stereocenters. The Labute approximate surface area is 129 Å². The Balaban J connectivity index is 2.29. The number of rotatable bonds is 4. The first-order valence-corrected chi connectivity index (χ1v) is 9.67. The van der Waals surface area contributed by atoms with E-state index in [2.05, 4.69) is 19.2 Å². The lowest BCUT2D eigenvalue weighted by Crippen LogP contribution is -2.31. The largest absolute Gasteiger partial charge is 0.313 e. The Morgan fingerprint density at radius 2 is 1.76 bits per heavy atom. The number of hydrogen-bond acceptors (Lipinski definition) is 3. The van der Waals surface area contributed by atoms with Crippen LogP contribution in [0.1, 0.15) is 44.7 Å². The van der Waals surface area contributed by atoms with E-state index in [-0.39, 0.29) is 6.04 Å². The van der Waals surface area contributed by atoms with Crippen LogP contribution in [-0.4, -0.2) is 21.7 Å².